The number of benzene rings is 1. The molecule has 1 aliphatic heterocycles. The molecule has 2 rings (SSSR count). The molecular weight excluding hydrogens is 244 g/mol. The van der Waals surface area contributed by atoms with Gasteiger partial charge in [-0.15, -0.1) is 0 Å². The maximum absolute atomic E-state index is 10.5. The minimum Gasteiger partial charge on any atom is -0.391 e. The van der Waals surface area contributed by atoms with Crippen molar-refractivity contribution in [2.75, 3.05) is 13.2 Å². The molecule has 0 unspecified atom stereocenters. The Kier molecular flexibility index (Phi) is 5.07. The van der Waals surface area contributed by atoms with Crippen molar-refractivity contribution in [3.8, 4) is 0 Å². The van der Waals surface area contributed by atoms with Gasteiger partial charge in [-0.05, 0) is 25.5 Å². The molecule has 1 fully saturated rings. The van der Waals surface area contributed by atoms with E-state index in [9.17, 15) is 8.42 Å². The summed E-state index contributed by atoms with van der Waals surface area (Å²) in [5.74, 6) is 0. The lowest BCUT2D eigenvalue weighted by Crippen LogP contribution is -2.02. The molecule has 1 heterocycles. The van der Waals surface area contributed by atoms with E-state index in [0.717, 1.165) is 18.6 Å². The summed E-state index contributed by atoms with van der Waals surface area (Å²) < 4.78 is 34.4. The summed E-state index contributed by atoms with van der Waals surface area (Å²) in [5.41, 5.74) is 0.956. The summed E-state index contributed by atoms with van der Waals surface area (Å²) in [6.07, 6.45) is 0.644. The monoisotopic (exact) mass is 260 g/mol. The molecule has 0 aliphatic carbocycles. The fraction of sp³-hybridized carbons (Fsp3) is 0.455. The maximum Gasteiger partial charge on any atom is 0.294 e. The van der Waals surface area contributed by atoms with Gasteiger partial charge in [0.25, 0.3) is 10.1 Å². The van der Waals surface area contributed by atoms with E-state index < -0.39 is 10.1 Å². The van der Waals surface area contributed by atoms with Gasteiger partial charge in [-0.2, -0.15) is 8.42 Å². The van der Waals surface area contributed by atoms with Gasteiger partial charge in [0.05, 0.1) is 17.6 Å². The average molecular weight is 260 g/mol. The summed E-state index contributed by atoms with van der Waals surface area (Å²) in [6.45, 7) is 3.12. The van der Waals surface area contributed by atoms with Gasteiger partial charge in [-0.25, -0.2) is 0 Å². The normalized spacial score (nSPS) is 19.6. The Bertz CT molecular complexity index is 431. The number of aryl methyl sites for hydroxylation is 1. The first kappa shape index (κ1) is 14.1. The fourth-order valence-corrected chi connectivity index (χ4v) is 1.71. The predicted octanol–water partition coefficient (Wildman–Crippen LogP) is 1.01. The van der Waals surface area contributed by atoms with E-state index in [0.29, 0.717) is 6.61 Å². The Morgan fingerprint density at radius 3 is 2.18 bits per heavy atom. The zero-order chi connectivity index (χ0) is 12.9. The molecule has 1 aromatic carbocycles. The van der Waals surface area contributed by atoms with E-state index in [-0.39, 0.29) is 11.0 Å². The second kappa shape index (κ2) is 6.11. The van der Waals surface area contributed by atoms with Gasteiger partial charge in [0.1, 0.15) is 0 Å². The van der Waals surface area contributed by atoms with Crippen LogP contribution in [0.25, 0.3) is 0 Å². The highest BCUT2D eigenvalue weighted by Crippen LogP contribution is 2.08. The van der Waals surface area contributed by atoms with Gasteiger partial charge in [-0.3, -0.25) is 4.55 Å². The Morgan fingerprint density at radius 2 is 1.88 bits per heavy atom. The summed E-state index contributed by atoms with van der Waals surface area (Å²) in [4.78, 5) is -0.0666. The van der Waals surface area contributed by atoms with Gasteiger partial charge >= 0.3 is 0 Å². The van der Waals surface area contributed by atoms with E-state index >= 15 is 0 Å². The van der Waals surface area contributed by atoms with Crippen LogP contribution in [-0.2, 0) is 14.9 Å². The molecule has 96 valence electrons. The third-order valence-electron chi connectivity index (χ3n) is 2.22. The molecule has 1 aromatic rings. The number of hydrogen-bond acceptors (Lipinski definition) is 4. The van der Waals surface area contributed by atoms with Gasteiger partial charge in [0.15, 0.2) is 0 Å². The molecule has 0 radical (unpaired) electrons. The molecule has 6 heteroatoms. The number of aliphatic hydroxyl groups excluding tert-OH is 1. The number of ether oxygens (including phenoxy) is 1. The molecule has 5 nitrogen and oxygen atoms in total. The van der Waals surface area contributed by atoms with E-state index in [1.54, 1.807) is 12.1 Å². The Balaban J connectivity index is 0.000000202. The average Bonchev–Trinajstić information content (AvgIpc) is 2.69. The SMILES string of the molecule is Cc1ccc(S(=O)(=O)O)cc1.O[C@@H]1CCOC1. The molecule has 1 aliphatic rings. The quantitative estimate of drug-likeness (QED) is 0.736. The van der Waals surface area contributed by atoms with Gasteiger partial charge in [-0.1, -0.05) is 17.7 Å². The smallest absolute Gasteiger partial charge is 0.294 e. The van der Waals surface area contributed by atoms with Crippen molar-refractivity contribution in [2.45, 2.75) is 24.3 Å². The van der Waals surface area contributed by atoms with Gasteiger partial charge < -0.3 is 9.84 Å². The number of rotatable bonds is 1. The zero-order valence-electron chi connectivity index (χ0n) is 9.54. The van der Waals surface area contributed by atoms with Crippen LogP contribution in [0.2, 0.25) is 0 Å². The summed E-state index contributed by atoms with van der Waals surface area (Å²) in [6, 6.07) is 5.99. The third kappa shape index (κ3) is 5.27. The van der Waals surface area contributed by atoms with Gasteiger partial charge in [0.2, 0.25) is 0 Å². The minimum absolute atomic E-state index is 0.0666. The summed E-state index contributed by atoms with van der Waals surface area (Å²) >= 11 is 0. The minimum atomic E-state index is -4.02. The maximum atomic E-state index is 10.5. The van der Waals surface area contributed by atoms with Crippen molar-refractivity contribution in [2.24, 2.45) is 0 Å². The molecule has 0 amide bonds. The van der Waals surface area contributed by atoms with E-state index in [1.165, 1.54) is 12.1 Å². The lowest BCUT2D eigenvalue weighted by molar-refractivity contribution is 0.127. The highest BCUT2D eigenvalue weighted by Gasteiger charge is 2.09. The second-order valence-corrected chi connectivity index (χ2v) is 5.23. The van der Waals surface area contributed by atoms with Crippen molar-refractivity contribution in [3.05, 3.63) is 29.8 Å². The van der Waals surface area contributed by atoms with Crippen LogP contribution in [0, 0.1) is 6.92 Å². The Morgan fingerprint density at radius 1 is 1.29 bits per heavy atom. The van der Waals surface area contributed by atoms with E-state index in [1.807, 2.05) is 6.92 Å². The molecule has 1 atom stereocenters. The Labute approximate surface area is 101 Å². The van der Waals surface area contributed by atoms with E-state index in [2.05, 4.69) is 0 Å². The largest absolute Gasteiger partial charge is 0.391 e. The lowest BCUT2D eigenvalue weighted by Gasteiger charge is -1.95. The molecule has 0 spiro atoms. The van der Waals surface area contributed by atoms with Crippen LogP contribution in [-0.4, -0.2) is 37.4 Å². The first-order valence-corrected chi connectivity index (χ1v) is 6.63. The molecule has 0 aromatic heterocycles. The first-order valence-electron chi connectivity index (χ1n) is 5.19. The second-order valence-electron chi connectivity index (χ2n) is 3.81. The van der Waals surface area contributed by atoms with Crippen molar-refractivity contribution in [1.82, 2.24) is 0 Å². The molecule has 17 heavy (non-hydrogen) atoms. The van der Waals surface area contributed by atoms with Crippen molar-refractivity contribution >= 4 is 10.1 Å². The highest BCUT2D eigenvalue weighted by atomic mass is 32.2. The van der Waals surface area contributed by atoms with Crippen molar-refractivity contribution in [3.63, 3.8) is 0 Å². The third-order valence-corrected chi connectivity index (χ3v) is 3.09. The van der Waals surface area contributed by atoms with Crippen LogP contribution in [0.4, 0.5) is 0 Å². The van der Waals surface area contributed by atoms with Crippen LogP contribution in [0.5, 0.6) is 0 Å². The summed E-state index contributed by atoms with van der Waals surface area (Å²) in [7, 11) is -4.02. The molecule has 0 bridgehead atoms. The topological polar surface area (TPSA) is 83.8 Å². The van der Waals surface area contributed by atoms with Gasteiger partial charge in [0, 0.05) is 6.61 Å². The summed E-state index contributed by atoms with van der Waals surface area (Å²) in [5, 5.41) is 8.60. The van der Waals surface area contributed by atoms with Crippen LogP contribution in [0.3, 0.4) is 0 Å². The fourth-order valence-electron chi connectivity index (χ4n) is 1.23. The molecule has 0 saturated carbocycles. The van der Waals surface area contributed by atoms with Crippen LogP contribution in [0.15, 0.2) is 29.2 Å². The van der Waals surface area contributed by atoms with E-state index in [4.69, 9.17) is 14.4 Å². The molecule has 2 N–H and O–H groups in total. The molecule has 1 saturated heterocycles. The number of aliphatic hydroxyl groups is 1. The lowest BCUT2D eigenvalue weighted by atomic mass is 10.2. The molecular formula is C11H16O5S. The van der Waals surface area contributed by atoms with Crippen LogP contribution >= 0.6 is 0 Å². The Hall–Kier alpha value is -0.950. The van der Waals surface area contributed by atoms with Crippen LogP contribution in [0.1, 0.15) is 12.0 Å². The predicted molar refractivity (Wildman–Crippen MR) is 62.4 cm³/mol. The first-order chi connectivity index (χ1) is 7.89. The van der Waals surface area contributed by atoms with Crippen molar-refractivity contribution in [1.29, 1.82) is 0 Å². The van der Waals surface area contributed by atoms with Crippen molar-refractivity contribution < 1.29 is 22.8 Å². The standard InChI is InChI=1S/C7H8O3S.C4H8O2/c1-6-2-4-7(5-3-6)11(8,9)10;5-4-1-2-6-3-4/h2-5H,1H3,(H,8,9,10);4-5H,1-3H2/t;4-/m.1/s1. The highest BCUT2D eigenvalue weighted by molar-refractivity contribution is 7.85. The van der Waals surface area contributed by atoms with Crippen LogP contribution < -0.4 is 0 Å². The zero-order valence-corrected chi connectivity index (χ0v) is 10.4. The number of hydrogen-bond donors (Lipinski definition) is 2.